The lowest BCUT2D eigenvalue weighted by Gasteiger charge is -2.24. The zero-order chi connectivity index (χ0) is 25.9. The van der Waals surface area contributed by atoms with Crippen LogP contribution in [0.25, 0.3) is 0 Å². The molecule has 1 amide bonds. The van der Waals surface area contributed by atoms with Crippen LogP contribution >= 0.6 is 46.0 Å². The third-order valence-corrected chi connectivity index (χ3v) is 8.96. The van der Waals surface area contributed by atoms with Gasteiger partial charge in [-0.1, -0.05) is 71.1 Å². The van der Waals surface area contributed by atoms with Gasteiger partial charge in [0.2, 0.25) is 10.9 Å². The van der Waals surface area contributed by atoms with E-state index in [2.05, 4.69) is 10.2 Å². The van der Waals surface area contributed by atoms with Crippen molar-refractivity contribution in [2.75, 3.05) is 11.5 Å². The number of benzene rings is 2. The van der Waals surface area contributed by atoms with Crippen molar-refractivity contribution >= 4 is 62.9 Å². The van der Waals surface area contributed by atoms with Gasteiger partial charge in [0.15, 0.2) is 10.1 Å². The van der Waals surface area contributed by atoms with Gasteiger partial charge in [-0.3, -0.25) is 14.5 Å². The van der Waals surface area contributed by atoms with Gasteiger partial charge in [-0.2, -0.15) is 0 Å². The van der Waals surface area contributed by atoms with E-state index in [1.165, 1.54) is 39.3 Å². The van der Waals surface area contributed by atoms with Gasteiger partial charge in [0.25, 0.3) is 5.91 Å². The van der Waals surface area contributed by atoms with Crippen LogP contribution < -0.4 is 9.64 Å². The molecule has 0 spiro atoms. The van der Waals surface area contributed by atoms with Crippen molar-refractivity contribution in [3.05, 3.63) is 98.4 Å². The van der Waals surface area contributed by atoms with Crippen LogP contribution in [0.1, 0.15) is 33.8 Å². The van der Waals surface area contributed by atoms with Crippen molar-refractivity contribution in [3.8, 4) is 5.75 Å². The van der Waals surface area contributed by atoms with Gasteiger partial charge in [-0.15, -0.1) is 21.5 Å². The van der Waals surface area contributed by atoms with E-state index in [-0.39, 0.29) is 10.7 Å². The first-order valence-corrected chi connectivity index (χ1v) is 14.3. The SMILES string of the molecule is CCOc1ccc(C2C(C(=O)c3cccs3)=C(O)C(=O)N2c2nnc(SCc3ccccc3Cl)s2)cc1. The van der Waals surface area contributed by atoms with E-state index in [0.717, 1.165) is 5.56 Å². The Morgan fingerprint density at radius 2 is 1.92 bits per heavy atom. The maximum atomic E-state index is 13.4. The van der Waals surface area contributed by atoms with Gasteiger partial charge in [-0.25, -0.2) is 0 Å². The molecule has 2 aromatic heterocycles. The number of Topliss-reactive ketones (excluding diaryl/α,β-unsaturated/α-hetero) is 1. The summed E-state index contributed by atoms with van der Waals surface area (Å²) in [6.07, 6.45) is 0. The molecule has 0 saturated carbocycles. The molecule has 0 saturated heterocycles. The molecule has 1 N–H and O–H groups in total. The summed E-state index contributed by atoms with van der Waals surface area (Å²) in [5.74, 6) is -0.443. The molecule has 11 heteroatoms. The van der Waals surface area contributed by atoms with Crippen LogP contribution in [0.5, 0.6) is 5.75 Å². The minimum Gasteiger partial charge on any atom is -0.503 e. The lowest BCUT2D eigenvalue weighted by atomic mass is 9.95. The Hall–Kier alpha value is -3.18. The van der Waals surface area contributed by atoms with Crippen molar-refractivity contribution in [2.24, 2.45) is 0 Å². The van der Waals surface area contributed by atoms with Crippen LogP contribution in [0.2, 0.25) is 5.02 Å². The third kappa shape index (κ3) is 5.15. The number of hydrogen-bond donors (Lipinski definition) is 1. The molecule has 0 bridgehead atoms. The summed E-state index contributed by atoms with van der Waals surface area (Å²) >= 11 is 10.2. The smallest absolute Gasteiger partial charge is 0.296 e. The standard InChI is InChI=1S/C26H20ClN3O4S3/c1-2-34-17-11-9-15(10-12-17)21-20(22(31)19-8-5-13-35-19)23(32)24(33)30(21)25-28-29-26(37-25)36-14-16-6-3-4-7-18(16)27/h3-13,21,32H,2,14H2,1H3. The van der Waals surface area contributed by atoms with Gasteiger partial charge in [0.05, 0.1) is 23.1 Å². The Balaban J connectivity index is 1.49. The number of rotatable bonds is 9. The fourth-order valence-corrected chi connectivity index (χ4v) is 6.75. The molecule has 3 heterocycles. The molecule has 1 atom stereocenters. The number of ether oxygens (including phenoxy) is 1. The van der Waals surface area contributed by atoms with E-state index in [0.29, 0.717) is 37.9 Å². The first-order chi connectivity index (χ1) is 18.0. The summed E-state index contributed by atoms with van der Waals surface area (Å²) < 4.78 is 6.18. The molecule has 1 aliphatic heterocycles. The number of carbonyl (C=O) groups is 2. The number of anilines is 1. The lowest BCUT2D eigenvalue weighted by Crippen LogP contribution is -2.31. The Bertz CT molecular complexity index is 1470. The molecule has 188 valence electrons. The maximum absolute atomic E-state index is 13.4. The predicted molar refractivity (Wildman–Crippen MR) is 147 cm³/mol. The molecule has 0 radical (unpaired) electrons. The monoisotopic (exact) mass is 569 g/mol. The van der Waals surface area contributed by atoms with Crippen LogP contribution in [0, 0.1) is 0 Å². The highest BCUT2D eigenvalue weighted by Crippen LogP contribution is 2.44. The zero-order valence-corrected chi connectivity index (χ0v) is 22.7. The van der Waals surface area contributed by atoms with E-state index >= 15 is 0 Å². The summed E-state index contributed by atoms with van der Waals surface area (Å²) in [5.41, 5.74) is 1.61. The molecular formula is C26H20ClN3O4S3. The number of ketones is 1. The third-order valence-electron chi connectivity index (χ3n) is 5.62. The van der Waals surface area contributed by atoms with E-state index in [9.17, 15) is 14.7 Å². The van der Waals surface area contributed by atoms with Gasteiger partial charge in [-0.05, 0) is 47.7 Å². The second-order valence-electron chi connectivity index (χ2n) is 7.88. The van der Waals surface area contributed by atoms with Gasteiger partial charge in [0.1, 0.15) is 5.75 Å². The summed E-state index contributed by atoms with van der Waals surface area (Å²) in [7, 11) is 0. The van der Waals surface area contributed by atoms with E-state index in [1.54, 1.807) is 41.8 Å². The zero-order valence-electron chi connectivity index (χ0n) is 19.5. The Labute approximate surface area is 230 Å². The summed E-state index contributed by atoms with van der Waals surface area (Å²) in [6.45, 7) is 2.40. The Kier molecular flexibility index (Phi) is 7.61. The molecule has 1 aliphatic rings. The Morgan fingerprint density at radius 1 is 1.14 bits per heavy atom. The summed E-state index contributed by atoms with van der Waals surface area (Å²) in [5, 5.41) is 22.1. The number of hydrogen-bond acceptors (Lipinski definition) is 9. The molecule has 0 aliphatic carbocycles. The normalized spacial score (nSPS) is 15.5. The molecule has 0 fully saturated rings. The van der Waals surface area contributed by atoms with Crippen LogP contribution in [0.4, 0.5) is 5.13 Å². The van der Waals surface area contributed by atoms with Crippen molar-refractivity contribution in [2.45, 2.75) is 23.1 Å². The summed E-state index contributed by atoms with van der Waals surface area (Å²) in [6, 6.07) is 17.2. The topological polar surface area (TPSA) is 92.6 Å². The number of carbonyl (C=O) groups excluding carboxylic acids is 2. The second kappa shape index (κ2) is 11.1. The van der Waals surface area contributed by atoms with E-state index in [4.69, 9.17) is 16.3 Å². The quantitative estimate of drug-likeness (QED) is 0.136. The number of thiophene rings is 1. The molecule has 1 unspecified atom stereocenters. The van der Waals surface area contributed by atoms with Crippen LogP contribution in [0.3, 0.4) is 0 Å². The molecule has 4 aromatic rings. The average Bonchev–Trinajstić information content (AvgIpc) is 3.65. The van der Waals surface area contributed by atoms with Crippen LogP contribution in [-0.2, 0) is 10.5 Å². The average molecular weight is 570 g/mol. The van der Waals surface area contributed by atoms with E-state index in [1.807, 2.05) is 31.2 Å². The van der Waals surface area contributed by atoms with Crippen molar-refractivity contribution in [3.63, 3.8) is 0 Å². The second-order valence-corrected chi connectivity index (χ2v) is 11.4. The number of aliphatic hydroxyl groups is 1. The predicted octanol–water partition coefficient (Wildman–Crippen LogP) is 6.73. The molecular weight excluding hydrogens is 550 g/mol. The minimum absolute atomic E-state index is 0.0112. The number of nitrogens with zero attached hydrogens (tertiary/aromatic N) is 3. The first kappa shape index (κ1) is 25.5. The van der Waals surface area contributed by atoms with Crippen LogP contribution in [-0.4, -0.2) is 33.6 Å². The molecule has 5 rings (SSSR count). The first-order valence-electron chi connectivity index (χ1n) is 11.2. The minimum atomic E-state index is -0.868. The highest BCUT2D eigenvalue weighted by Gasteiger charge is 2.46. The Morgan fingerprint density at radius 3 is 2.62 bits per heavy atom. The lowest BCUT2D eigenvalue weighted by molar-refractivity contribution is -0.117. The van der Waals surface area contributed by atoms with Crippen LogP contribution in [0.15, 0.2) is 81.7 Å². The van der Waals surface area contributed by atoms with Crippen molar-refractivity contribution in [1.82, 2.24) is 10.2 Å². The van der Waals surface area contributed by atoms with Gasteiger partial charge in [0, 0.05) is 10.8 Å². The fourth-order valence-electron chi connectivity index (χ4n) is 3.92. The molecule has 7 nitrogen and oxygen atoms in total. The molecule has 2 aromatic carbocycles. The maximum Gasteiger partial charge on any atom is 0.296 e. The largest absolute Gasteiger partial charge is 0.503 e. The van der Waals surface area contributed by atoms with Crippen molar-refractivity contribution in [1.29, 1.82) is 0 Å². The number of amides is 1. The molecule has 37 heavy (non-hydrogen) atoms. The number of halogens is 1. The number of thioether (sulfide) groups is 1. The fraction of sp³-hybridized carbons (Fsp3) is 0.154. The van der Waals surface area contributed by atoms with E-state index < -0.39 is 23.5 Å². The van der Waals surface area contributed by atoms with Crippen molar-refractivity contribution < 1.29 is 19.4 Å². The summed E-state index contributed by atoms with van der Waals surface area (Å²) in [4.78, 5) is 28.5. The number of aromatic nitrogens is 2. The van der Waals surface area contributed by atoms with Gasteiger partial charge < -0.3 is 9.84 Å². The number of aliphatic hydroxyl groups excluding tert-OH is 1. The van der Waals surface area contributed by atoms with Gasteiger partial charge >= 0.3 is 0 Å². The highest BCUT2D eigenvalue weighted by atomic mass is 35.5. The highest BCUT2D eigenvalue weighted by molar-refractivity contribution is 8.00.